The lowest BCUT2D eigenvalue weighted by Gasteiger charge is -2.22. The standard InChI is InChI=1S/C13H21N3O/c1-13(5-2-8-17-13)11-9-15-12(16-11)10-3-6-14-7-4-10/h9-10,14H,2-8H2,1H3,(H,15,16). The number of piperidine rings is 1. The van der Waals surface area contributed by atoms with Crippen molar-refractivity contribution in [2.75, 3.05) is 19.7 Å². The molecule has 1 atom stereocenters. The fraction of sp³-hybridized carbons (Fsp3) is 0.769. The largest absolute Gasteiger partial charge is 0.369 e. The minimum atomic E-state index is -0.127. The molecule has 0 bridgehead atoms. The van der Waals surface area contributed by atoms with Gasteiger partial charge in [0.1, 0.15) is 11.4 Å². The molecule has 1 aromatic heterocycles. The van der Waals surface area contributed by atoms with Crippen molar-refractivity contribution >= 4 is 0 Å². The Labute approximate surface area is 102 Å². The third-order valence-corrected chi connectivity index (χ3v) is 4.11. The molecule has 2 aliphatic heterocycles. The van der Waals surface area contributed by atoms with Gasteiger partial charge >= 0.3 is 0 Å². The Hall–Kier alpha value is -0.870. The highest BCUT2D eigenvalue weighted by Crippen LogP contribution is 2.35. The Kier molecular flexibility index (Phi) is 2.92. The second kappa shape index (κ2) is 4.42. The van der Waals surface area contributed by atoms with Crippen molar-refractivity contribution in [3.8, 4) is 0 Å². The topological polar surface area (TPSA) is 49.9 Å². The average Bonchev–Trinajstić information content (AvgIpc) is 2.99. The normalized spacial score (nSPS) is 30.9. The molecule has 1 aromatic rings. The van der Waals surface area contributed by atoms with Crippen molar-refractivity contribution in [1.82, 2.24) is 15.3 Å². The Balaban J connectivity index is 1.77. The number of nitrogens with one attached hydrogen (secondary N) is 2. The molecular weight excluding hydrogens is 214 g/mol. The molecule has 0 amide bonds. The smallest absolute Gasteiger partial charge is 0.109 e. The molecular formula is C13H21N3O. The third kappa shape index (κ3) is 2.11. The summed E-state index contributed by atoms with van der Waals surface area (Å²) in [4.78, 5) is 8.07. The number of nitrogens with zero attached hydrogens (tertiary/aromatic N) is 1. The number of imidazole rings is 1. The van der Waals surface area contributed by atoms with E-state index in [0.717, 1.165) is 44.1 Å². The average molecular weight is 235 g/mol. The zero-order chi connectivity index (χ0) is 11.7. The number of hydrogen-bond acceptors (Lipinski definition) is 3. The van der Waals surface area contributed by atoms with Gasteiger partial charge in [0.2, 0.25) is 0 Å². The van der Waals surface area contributed by atoms with Crippen molar-refractivity contribution in [2.24, 2.45) is 0 Å². The van der Waals surface area contributed by atoms with Gasteiger partial charge < -0.3 is 15.0 Å². The van der Waals surface area contributed by atoms with Crippen LogP contribution in [0.25, 0.3) is 0 Å². The molecule has 0 radical (unpaired) electrons. The van der Waals surface area contributed by atoms with Gasteiger partial charge in [-0.3, -0.25) is 0 Å². The fourth-order valence-corrected chi connectivity index (χ4v) is 2.90. The van der Waals surface area contributed by atoms with Crippen LogP contribution in [0.1, 0.15) is 50.0 Å². The molecule has 4 heteroatoms. The van der Waals surface area contributed by atoms with E-state index in [2.05, 4.69) is 22.2 Å². The monoisotopic (exact) mass is 235 g/mol. The van der Waals surface area contributed by atoms with Crippen LogP contribution < -0.4 is 5.32 Å². The summed E-state index contributed by atoms with van der Waals surface area (Å²) < 4.78 is 5.84. The van der Waals surface area contributed by atoms with E-state index in [4.69, 9.17) is 4.74 Å². The number of aromatic nitrogens is 2. The minimum Gasteiger partial charge on any atom is -0.369 e. The first kappa shape index (κ1) is 11.2. The van der Waals surface area contributed by atoms with E-state index in [1.54, 1.807) is 0 Å². The van der Waals surface area contributed by atoms with Crippen molar-refractivity contribution in [3.05, 3.63) is 17.7 Å². The number of rotatable bonds is 2. The van der Waals surface area contributed by atoms with E-state index in [1.807, 2.05) is 6.20 Å². The van der Waals surface area contributed by atoms with E-state index >= 15 is 0 Å². The third-order valence-electron chi connectivity index (χ3n) is 4.11. The molecule has 2 fully saturated rings. The van der Waals surface area contributed by atoms with Crippen molar-refractivity contribution in [1.29, 1.82) is 0 Å². The van der Waals surface area contributed by atoms with E-state index in [-0.39, 0.29) is 5.60 Å². The quantitative estimate of drug-likeness (QED) is 0.823. The molecule has 1 unspecified atom stereocenters. The highest BCUT2D eigenvalue weighted by atomic mass is 16.5. The van der Waals surface area contributed by atoms with Crippen LogP contribution in [-0.2, 0) is 10.3 Å². The summed E-state index contributed by atoms with van der Waals surface area (Å²) in [6.07, 6.45) is 6.59. The van der Waals surface area contributed by atoms with Crippen LogP contribution in [0.3, 0.4) is 0 Å². The predicted molar refractivity (Wildman–Crippen MR) is 66.0 cm³/mol. The molecule has 3 heterocycles. The molecule has 94 valence electrons. The number of ether oxygens (including phenoxy) is 1. The van der Waals surface area contributed by atoms with Gasteiger partial charge in [0.25, 0.3) is 0 Å². The van der Waals surface area contributed by atoms with E-state index in [1.165, 1.54) is 12.8 Å². The summed E-state index contributed by atoms with van der Waals surface area (Å²) >= 11 is 0. The molecule has 0 saturated carbocycles. The summed E-state index contributed by atoms with van der Waals surface area (Å²) in [7, 11) is 0. The first-order valence-corrected chi connectivity index (χ1v) is 6.68. The van der Waals surface area contributed by atoms with Gasteiger partial charge in [-0.1, -0.05) is 0 Å². The summed E-state index contributed by atoms with van der Waals surface area (Å²) in [5, 5.41) is 3.39. The van der Waals surface area contributed by atoms with Crippen LogP contribution in [0.2, 0.25) is 0 Å². The van der Waals surface area contributed by atoms with Crippen molar-refractivity contribution < 1.29 is 4.74 Å². The molecule has 2 aliphatic rings. The predicted octanol–water partition coefficient (Wildman–Crippen LogP) is 1.90. The second-order valence-electron chi connectivity index (χ2n) is 5.39. The Bertz CT molecular complexity index is 376. The summed E-state index contributed by atoms with van der Waals surface area (Å²) in [6, 6.07) is 0. The maximum atomic E-state index is 5.84. The van der Waals surface area contributed by atoms with Crippen LogP contribution in [-0.4, -0.2) is 29.7 Å². The Morgan fingerprint density at radius 3 is 2.94 bits per heavy atom. The molecule has 2 N–H and O–H groups in total. The van der Waals surface area contributed by atoms with E-state index < -0.39 is 0 Å². The number of hydrogen-bond donors (Lipinski definition) is 2. The number of aromatic amines is 1. The molecule has 17 heavy (non-hydrogen) atoms. The zero-order valence-electron chi connectivity index (χ0n) is 10.5. The van der Waals surface area contributed by atoms with Gasteiger partial charge in [-0.05, 0) is 45.7 Å². The molecule has 3 rings (SSSR count). The van der Waals surface area contributed by atoms with Crippen LogP contribution in [0.5, 0.6) is 0 Å². The first-order valence-electron chi connectivity index (χ1n) is 6.68. The van der Waals surface area contributed by atoms with Gasteiger partial charge in [0.15, 0.2) is 0 Å². The SMILES string of the molecule is CC1(c2cnc(C3CCNCC3)[nH]2)CCCO1. The lowest BCUT2D eigenvalue weighted by molar-refractivity contribution is 0.0134. The van der Waals surface area contributed by atoms with E-state index in [0.29, 0.717) is 5.92 Å². The molecule has 0 spiro atoms. The lowest BCUT2D eigenvalue weighted by atomic mass is 9.97. The maximum absolute atomic E-state index is 5.84. The summed E-state index contributed by atoms with van der Waals surface area (Å²) in [5.41, 5.74) is 1.03. The van der Waals surface area contributed by atoms with Crippen molar-refractivity contribution in [3.63, 3.8) is 0 Å². The highest BCUT2D eigenvalue weighted by molar-refractivity contribution is 5.14. The summed E-state index contributed by atoms with van der Waals surface area (Å²) in [5.74, 6) is 1.74. The maximum Gasteiger partial charge on any atom is 0.109 e. The van der Waals surface area contributed by atoms with Crippen LogP contribution in [0.15, 0.2) is 6.20 Å². The molecule has 4 nitrogen and oxygen atoms in total. The van der Waals surface area contributed by atoms with E-state index in [9.17, 15) is 0 Å². The highest BCUT2D eigenvalue weighted by Gasteiger charge is 2.34. The summed E-state index contributed by atoms with van der Waals surface area (Å²) in [6.45, 7) is 5.25. The van der Waals surface area contributed by atoms with Crippen LogP contribution in [0, 0.1) is 0 Å². The van der Waals surface area contributed by atoms with Gasteiger partial charge in [0, 0.05) is 12.5 Å². The molecule has 0 aromatic carbocycles. The lowest BCUT2D eigenvalue weighted by Crippen LogP contribution is -2.27. The van der Waals surface area contributed by atoms with Crippen LogP contribution >= 0.6 is 0 Å². The fourth-order valence-electron chi connectivity index (χ4n) is 2.90. The minimum absolute atomic E-state index is 0.127. The van der Waals surface area contributed by atoms with Gasteiger partial charge in [-0.15, -0.1) is 0 Å². The first-order chi connectivity index (χ1) is 8.28. The van der Waals surface area contributed by atoms with Crippen molar-refractivity contribution in [2.45, 2.75) is 44.1 Å². The molecule has 2 saturated heterocycles. The Morgan fingerprint density at radius 1 is 1.41 bits per heavy atom. The second-order valence-corrected chi connectivity index (χ2v) is 5.39. The van der Waals surface area contributed by atoms with Crippen LogP contribution in [0.4, 0.5) is 0 Å². The number of H-pyrrole nitrogens is 1. The van der Waals surface area contributed by atoms with Gasteiger partial charge in [-0.2, -0.15) is 0 Å². The van der Waals surface area contributed by atoms with Gasteiger partial charge in [0.05, 0.1) is 11.9 Å². The molecule has 0 aliphatic carbocycles. The Morgan fingerprint density at radius 2 is 2.24 bits per heavy atom. The van der Waals surface area contributed by atoms with Gasteiger partial charge in [-0.25, -0.2) is 4.98 Å². The zero-order valence-corrected chi connectivity index (χ0v) is 10.5.